The van der Waals surface area contributed by atoms with Crippen LogP contribution in [0.15, 0.2) is 24.3 Å². The third-order valence-corrected chi connectivity index (χ3v) is 4.83. The predicted octanol–water partition coefficient (Wildman–Crippen LogP) is 4.92. The van der Waals surface area contributed by atoms with Crippen molar-refractivity contribution >= 4 is 11.8 Å². The van der Waals surface area contributed by atoms with Gasteiger partial charge < -0.3 is 14.4 Å². The van der Waals surface area contributed by atoms with Crippen LogP contribution >= 0.6 is 0 Å². The number of rotatable bonds is 9. The van der Waals surface area contributed by atoms with Gasteiger partial charge in [0.15, 0.2) is 0 Å². The number of para-hydroxylation sites is 2. The van der Waals surface area contributed by atoms with Gasteiger partial charge in [-0.15, -0.1) is 0 Å². The van der Waals surface area contributed by atoms with E-state index in [1.54, 1.807) is 0 Å². The summed E-state index contributed by atoms with van der Waals surface area (Å²) in [6.07, 6.45) is 7.33. The number of benzene rings is 1. The normalized spacial score (nSPS) is 20.0. The summed E-state index contributed by atoms with van der Waals surface area (Å²) in [6, 6.07) is 7.55. The number of nitrogens with one attached hydrogen (secondary N) is 1. The van der Waals surface area contributed by atoms with Crippen LogP contribution in [0.2, 0.25) is 0 Å². The Hall–Kier alpha value is -1.75. The van der Waals surface area contributed by atoms with E-state index in [9.17, 15) is 4.79 Å². The molecule has 1 aromatic carbocycles. The Labute approximate surface area is 158 Å². The molecule has 5 nitrogen and oxygen atoms in total. The predicted molar refractivity (Wildman–Crippen MR) is 106 cm³/mol. The van der Waals surface area contributed by atoms with E-state index in [-0.39, 0.29) is 12.2 Å². The molecule has 5 heteroatoms. The lowest BCUT2D eigenvalue weighted by atomic mass is 9.86. The highest BCUT2D eigenvalue weighted by Gasteiger charge is 2.28. The number of unbranched alkanes of at least 4 members (excludes halogenated alkanes) is 2. The molecule has 0 aliphatic heterocycles. The average molecular weight is 363 g/mol. The highest BCUT2D eigenvalue weighted by Crippen LogP contribution is 2.29. The Morgan fingerprint density at radius 3 is 2.73 bits per heavy atom. The fraction of sp³-hybridized carbons (Fsp3) is 0.667. The quantitative estimate of drug-likeness (QED) is 0.633. The molecule has 0 unspecified atom stereocenters. The Morgan fingerprint density at radius 1 is 1.19 bits per heavy atom. The lowest BCUT2D eigenvalue weighted by Crippen LogP contribution is -2.37. The zero-order valence-corrected chi connectivity index (χ0v) is 16.5. The third-order valence-electron chi connectivity index (χ3n) is 4.83. The largest absolute Gasteiger partial charge is 0.491 e. The monoisotopic (exact) mass is 362 g/mol. The van der Waals surface area contributed by atoms with Gasteiger partial charge in [-0.1, -0.05) is 38.3 Å². The van der Waals surface area contributed by atoms with E-state index >= 15 is 0 Å². The van der Waals surface area contributed by atoms with Gasteiger partial charge in [0.1, 0.15) is 11.9 Å². The molecular formula is C21H34N2O3. The van der Waals surface area contributed by atoms with E-state index in [4.69, 9.17) is 9.47 Å². The number of carbonyl (C=O) groups is 1. The van der Waals surface area contributed by atoms with Crippen molar-refractivity contribution in [2.45, 2.75) is 58.0 Å². The zero-order valence-electron chi connectivity index (χ0n) is 16.5. The summed E-state index contributed by atoms with van der Waals surface area (Å²) < 4.78 is 11.6. The molecule has 2 rings (SSSR count). The smallest absolute Gasteiger partial charge is 0.412 e. The molecule has 26 heavy (non-hydrogen) atoms. The van der Waals surface area contributed by atoms with Gasteiger partial charge in [0.05, 0.1) is 12.3 Å². The van der Waals surface area contributed by atoms with Gasteiger partial charge in [-0.25, -0.2) is 4.79 Å². The SMILES string of the molecule is CCCCCOc1ccccc1NC(=O)O[C@@H]1CCCC[C@H]1CN(C)C. The number of amides is 1. The highest BCUT2D eigenvalue weighted by molar-refractivity contribution is 5.86. The van der Waals surface area contributed by atoms with E-state index < -0.39 is 0 Å². The van der Waals surface area contributed by atoms with Crippen molar-refractivity contribution in [1.82, 2.24) is 4.90 Å². The van der Waals surface area contributed by atoms with Crippen molar-refractivity contribution in [3.05, 3.63) is 24.3 Å². The molecule has 1 N–H and O–H groups in total. The van der Waals surface area contributed by atoms with Crippen LogP contribution in [0.1, 0.15) is 51.9 Å². The first-order valence-corrected chi connectivity index (χ1v) is 9.94. The fourth-order valence-electron chi connectivity index (χ4n) is 3.51. The van der Waals surface area contributed by atoms with Gasteiger partial charge in [-0.05, 0) is 51.9 Å². The Bertz CT molecular complexity index is 548. The van der Waals surface area contributed by atoms with Crippen LogP contribution in [0.3, 0.4) is 0 Å². The maximum atomic E-state index is 12.4. The summed E-state index contributed by atoms with van der Waals surface area (Å²) in [6.45, 7) is 3.78. The highest BCUT2D eigenvalue weighted by atomic mass is 16.6. The molecule has 1 saturated carbocycles. The summed E-state index contributed by atoms with van der Waals surface area (Å²) in [5.41, 5.74) is 0.675. The number of anilines is 1. The van der Waals surface area contributed by atoms with Gasteiger partial charge in [0, 0.05) is 12.5 Å². The van der Waals surface area contributed by atoms with E-state index in [0.29, 0.717) is 24.0 Å². The maximum absolute atomic E-state index is 12.4. The van der Waals surface area contributed by atoms with Crippen molar-refractivity contribution in [1.29, 1.82) is 0 Å². The van der Waals surface area contributed by atoms with Crippen LogP contribution in [0.4, 0.5) is 10.5 Å². The molecule has 1 aromatic rings. The third kappa shape index (κ3) is 6.87. The topological polar surface area (TPSA) is 50.8 Å². The number of nitrogens with zero attached hydrogens (tertiary/aromatic N) is 1. The molecule has 1 aliphatic rings. The molecule has 1 aliphatic carbocycles. The van der Waals surface area contributed by atoms with Crippen LogP contribution in [0, 0.1) is 5.92 Å². The minimum Gasteiger partial charge on any atom is -0.491 e. The van der Waals surface area contributed by atoms with Crippen LogP contribution < -0.4 is 10.1 Å². The molecule has 0 heterocycles. The summed E-state index contributed by atoms with van der Waals surface area (Å²) >= 11 is 0. The lowest BCUT2D eigenvalue weighted by molar-refractivity contribution is 0.0357. The van der Waals surface area contributed by atoms with E-state index in [0.717, 1.165) is 45.1 Å². The number of ether oxygens (including phenoxy) is 2. The summed E-state index contributed by atoms with van der Waals surface area (Å²) in [7, 11) is 4.13. The molecule has 0 saturated heterocycles. The summed E-state index contributed by atoms with van der Waals surface area (Å²) in [5.74, 6) is 1.11. The first kappa shape index (κ1) is 20.6. The van der Waals surface area contributed by atoms with E-state index in [1.807, 2.05) is 24.3 Å². The molecule has 1 fully saturated rings. The van der Waals surface area contributed by atoms with E-state index in [1.165, 1.54) is 6.42 Å². The first-order valence-electron chi connectivity index (χ1n) is 9.94. The van der Waals surface area contributed by atoms with E-state index in [2.05, 4.69) is 31.2 Å². The molecule has 0 aromatic heterocycles. The van der Waals surface area contributed by atoms with Crippen molar-refractivity contribution < 1.29 is 14.3 Å². The Morgan fingerprint density at radius 2 is 1.96 bits per heavy atom. The number of hydrogen-bond donors (Lipinski definition) is 1. The van der Waals surface area contributed by atoms with Gasteiger partial charge in [0.2, 0.25) is 0 Å². The second-order valence-electron chi connectivity index (χ2n) is 7.43. The van der Waals surface area contributed by atoms with Crippen LogP contribution in [-0.2, 0) is 4.74 Å². The average Bonchev–Trinajstić information content (AvgIpc) is 2.61. The van der Waals surface area contributed by atoms with Crippen molar-refractivity contribution in [2.75, 3.05) is 32.6 Å². The summed E-state index contributed by atoms with van der Waals surface area (Å²) in [4.78, 5) is 14.6. The van der Waals surface area contributed by atoms with Crippen LogP contribution in [0.5, 0.6) is 5.75 Å². The minimum atomic E-state index is -0.384. The van der Waals surface area contributed by atoms with Gasteiger partial charge in [-0.3, -0.25) is 5.32 Å². The molecule has 0 radical (unpaired) electrons. The van der Waals surface area contributed by atoms with Crippen molar-refractivity contribution in [3.8, 4) is 5.75 Å². The molecule has 146 valence electrons. The van der Waals surface area contributed by atoms with Crippen LogP contribution in [0.25, 0.3) is 0 Å². The Kier molecular flexibility index (Phi) is 8.75. The second-order valence-corrected chi connectivity index (χ2v) is 7.43. The minimum absolute atomic E-state index is 0.0104. The standard InChI is InChI=1S/C21H34N2O3/c1-4-5-10-15-25-20-14-9-7-12-18(20)22-21(24)26-19-13-8-6-11-17(19)16-23(2)3/h7,9,12,14,17,19H,4-6,8,10-11,13,15-16H2,1-3H3,(H,22,24)/t17-,19+/m0/s1. The molecular weight excluding hydrogens is 328 g/mol. The van der Waals surface area contributed by atoms with Crippen molar-refractivity contribution in [2.24, 2.45) is 5.92 Å². The zero-order chi connectivity index (χ0) is 18.8. The number of hydrogen-bond acceptors (Lipinski definition) is 4. The first-order chi connectivity index (χ1) is 12.6. The molecule has 0 spiro atoms. The molecule has 0 bridgehead atoms. The molecule has 2 atom stereocenters. The van der Waals surface area contributed by atoms with Gasteiger partial charge in [0.25, 0.3) is 0 Å². The van der Waals surface area contributed by atoms with Crippen molar-refractivity contribution in [3.63, 3.8) is 0 Å². The van der Waals surface area contributed by atoms with Crippen LogP contribution in [-0.4, -0.2) is 44.3 Å². The maximum Gasteiger partial charge on any atom is 0.412 e. The molecule has 1 amide bonds. The van der Waals surface area contributed by atoms with Gasteiger partial charge >= 0.3 is 6.09 Å². The Balaban J connectivity index is 1.90. The second kappa shape index (κ2) is 11.1. The lowest BCUT2D eigenvalue weighted by Gasteiger charge is -2.32. The number of carbonyl (C=O) groups excluding carboxylic acids is 1. The fourth-order valence-corrected chi connectivity index (χ4v) is 3.51. The summed E-state index contributed by atoms with van der Waals surface area (Å²) in [5, 5.41) is 2.87. The van der Waals surface area contributed by atoms with Gasteiger partial charge in [-0.2, -0.15) is 0 Å².